The second kappa shape index (κ2) is 11.6. The summed E-state index contributed by atoms with van der Waals surface area (Å²) < 4.78 is 10.4. The molecule has 0 saturated heterocycles. The summed E-state index contributed by atoms with van der Waals surface area (Å²) in [5, 5.41) is 0. The van der Waals surface area contributed by atoms with Gasteiger partial charge in [-0.05, 0) is 31.9 Å². The lowest BCUT2D eigenvalue weighted by molar-refractivity contribution is -0.145. The van der Waals surface area contributed by atoms with Crippen LogP contribution in [-0.4, -0.2) is 50.2 Å². The molecule has 5 heteroatoms. The molecule has 1 rings (SSSR count). The van der Waals surface area contributed by atoms with E-state index in [9.17, 15) is 9.59 Å². The van der Waals surface area contributed by atoms with Crippen LogP contribution in [0.2, 0.25) is 0 Å². The van der Waals surface area contributed by atoms with Gasteiger partial charge in [0.25, 0.3) is 5.91 Å². The van der Waals surface area contributed by atoms with E-state index in [-0.39, 0.29) is 17.8 Å². The molecule has 0 N–H and O–H groups in total. The van der Waals surface area contributed by atoms with Crippen molar-refractivity contribution in [1.82, 2.24) is 4.90 Å². The van der Waals surface area contributed by atoms with E-state index in [4.69, 9.17) is 9.47 Å². The molecular formula is C20H31NO4. The molecule has 0 aliphatic rings. The Kier molecular flexibility index (Phi) is 9.85. The lowest BCUT2D eigenvalue weighted by Gasteiger charge is -2.25. The number of benzene rings is 1. The molecule has 1 aromatic rings. The summed E-state index contributed by atoms with van der Waals surface area (Å²) in [6.45, 7) is 8.12. The van der Waals surface area contributed by atoms with Crippen molar-refractivity contribution in [2.24, 2.45) is 5.92 Å². The summed E-state index contributed by atoms with van der Waals surface area (Å²) >= 11 is 0. The first-order valence-corrected chi connectivity index (χ1v) is 9.01. The summed E-state index contributed by atoms with van der Waals surface area (Å²) in [6, 6.07) is 7.51. The SMILES string of the molecule is CCCCOCCCN(CC(C)C(=O)OC)C(=O)c1cccc(C)c1. The number of ether oxygens (including phenoxy) is 2. The van der Waals surface area contributed by atoms with Crippen LogP contribution in [0.5, 0.6) is 0 Å². The summed E-state index contributed by atoms with van der Waals surface area (Å²) in [5.41, 5.74) is 1.68. The summed E-state index contributed by atoms with van der Waals surface area (Å²) in [6.07, 6.45) is 2.90. The average Bonchev–Trinajstić information content (AvgIpc) is 2.62. The summed E-state index contributed by atoms with van der Waals surface area (Å²) in [5.74, 6) is -0.728. The zero-order valence-electron chi connectivity index (χ0n) is 15.9. The quantitative estimate of drug-likeness (QED) is 0.453. The molecule has 1 aromatic carbocycles. The number of rotatable bonds is 11. The number of hydrogen-bond donors (Lipinski definition) is 0. The molecule has 0 spiro atoms. The number of methoxy groups -OCH3 is 1. The van der Waals surface area contributed by atoms with Gasteiger partial charge in [0.05, 0.1) is 13.0 Å². The van der Waals surface area contributed by atoms with Gasteiger partial charge in [-0.3, -0.25) is 9.59 Å². The Morgan fingerprint density at radius 3 is 2.56 bits per heavy atom. The third-order valence-electron chi connectivity index (χ3n) is 4.01. The van der Waals surface area contributed by atoms with Crippen LogP contribution < -0.4 is 0 Å². The van der Waals surface area contributed by atoms with Gasteiger partial charge in [0, 0.05) is 31.9 Å². The standard InChI is InChI=1S/C20H31NO4/c1-5-6-12-25-13-8-11-21(15-17(3)20(23)24-4)19(22)18-10-7-9-16(2)14-18/h7,9-10,14,17H,5-6,8,11-13,15H2,1-4H3. The van der Waals surface area contributed by atoms with Crippen LogP contribution in [0.1, 0.15) is 49.0 Å². The Bertz CT molecular complexity index is 544. The predicted molar refractivity (Wildman–Crippen MR) is 98.6 cm³/mol. The van der Waals surface area contributed by atoms with Gasteiger partial charge in [-0.15, -0.1) is 0 Å². The van der Waals surface area contributed by atoms with E-state index >= 15 is 0 Å². The molecule has 1 amide bonds. The van der Waals surface area contributed by atoms with Crippen molar-refractivity contribution >= 4 is 11.9 Å². The average molecular weight is 349 g/mol. The number of carbonyl (C=O) groups excluding carboxylic acids is 2. The van der Waals surface area contributed by atoms with E-state index in [2.05, 4.69) is 6.92 Å². The first-order valence-electron chi connectivity index (χ1n) is 9.01. The van der Waals surface area contributed by atoms with Crippen LogP contribution in [0.25, 0.3) is 0 Å². The number of nitrogens with zero attached hydrogens (tertiary/aromatic N) is 1. The monoisotopic (exact) mass is 349 g/mol. The fraction of sp³-hybridized carbons (Fsp3) is 0.600. The first kappa shape index (κ1) is 21.2. The highest BCUT2D eigenvalue weighted by molar-refractivity contribution is 5.94. The van der Waals surface area contributed by atoms with Gasteiger partial charge in [0.2, 0.25) is 0 Å². The smallest absolute Gasteiger partial charge is 0.310 e. The minimum atomic E-state index is -0.361. The van der Waals surface area contributed by atoms with E-state index in [1.165, 1.54) is 7.11 Å². The Labute approximate surface area is 151 Å². The fourth-order valence-electron chi connectivity index (χ4n) is 2.55. The van der Waals surface area contributed by atoms with Gasteiger partial charge in [-0.2, -0.15) is 0 Å². The minimum Gasteiger partial charge on any atom is -0.469 e. The Morgan fingerprint density at radius 2 is 1.92 bits per heavy atom. The van der Waals surface area contributed by atoms with Gasteiger partial charge in [-0.1, -0.05) is 38.0 Å². The molecule has 0 aliphatic heterocycles. The second-order valence-corrected chi connectivity index (χ2v) is 6.36. The van der Waals surface area contributed by atoms with Gasteiger partial charge < -0.3 is 14.4 Å². The zero-order chi connectivity index (χ0) is 18.7. The second-order valence-electron chi connectivity index (χ2n) is 6.36. The van der Waals surface area contributed by atoms with Crippen molar-refractivity contribution in [3.63, 3.8) is 0 Å². The topological polar surface area (TPSA) is 55.8 Å². The highest BCUT2D eigenvalue weighted by Gasteiger charge is 2.22. The highest BCUT2D eigenvalue weighted by Crippen LogP contribution is 2.11. The summed E-state index contributed by atoms with van der Waals surface area (Å²) in [4.78, 5) is 26.3. The molecule has 25 heavy (non-hydrogen) atoms. The Morgan fingerprint density at radius 1 is 1.20 bits per heavy atom. The number of esters is 1. The van der Waals surface area contributed by atoms with Crippen LogP contribution in [-0.2, 0) is 14.3 Å². The lowest BCUT2D eigenvalue weighted by atomic mass is 10.1. The number of aryl methyl sites for hydroxylation is 1. The molecule has 1 atom stereocenters. The molecule has 0 heterocycles. The number of unbranched alkanes of at least 4 members (excludes halogenated alkanes) is 1. The Hall–Kier alpha value is -1.88. The van der Waals surface area contributed by atoms with E-state index < -0.39 is 0 Å². The molecule has 5 nitrogen and oxygen atoms in total. The van der Waals surface area contributed by atoms with Crippen molar-refractivity contribution in [1.29, 1.82) is 0 Å². The van der Waals surface area contributed by atoms with Crippen LogP contribution in [0.3, 0.4) is 0 Å². The van der Waals surface area contributed by atoms with Crippen LogP contribution >= 0.6 is 0 Å². The van der Waals surface area contributed by atoms with E-state index in [0.29, 0.717) is 25.3 Å². The van der Waals surface area contributed by atoms with Crippen molar-refractivity contribution < 1.29 is 19.1 Å². The van der Waals surface area contributed by atoms with Crippen molar-refractivity contribution in [2.45, 2.75) is 40.0 Å². The normalized spacial score (nSPS) is 11.8. The molecule has 1 unspecified atom stereocenters. The fourth-order valence-corrected chi connectivity index (χ4v) is 2.55. The van der Waals surface area contributed by atoms with Gasteiger partial charge in [0.15, 0.2) is 0 Å². The highest BCUT2D eigenvalue weighted by atomic mass is 16.5. The predicted octanol–water partition coefficient (Wildman–Crippen LogP) is 3.45. The maximum atomic E-state index is 12.8. The largest absolute Gasteiger partial charge is 0.469 e. The maximum absolute atomic E-state index is 12.8. The van der Waals surface area contributed by atoms with E-state index in [0.717, 1.165) is 31.4 Å². The lowest BCUT2D eigenvalue weighted by Crippen LogP contribution is -2.38. The van der Waals surface area contributed by atoms with E-state index in [1.54, 1.807) is 11.8 Å². The molecule has 0 radical (unpaired) electrons. The van der Waals surface area contributed by atoms with Crippen LogP contribution in [0, 0.1) is 12.8 Å². The molecule has 0 saturated carbocycles. The minimum absolute atomic E-state index is 0.0620. The molecule has 0 aromatic heterocycles. The molecule has 0 bridgehead atoms. The summed E-state index contributed by atoms with van der Waals surface area (Å²) in [7, 11) is 1.37. The van der Waals surface area contributed by atoms with Crippen molar-refractivity contribution in [3.05, 3.63) is 35.4 Å². The number of amides is 1. The number of hydrogen-bond acceptors (Lipinski definition) is 4. The number of carbonyl (C=O) groups is 2. The van der Waals surface area contributed by atoms with Gasteiger partial charge in [0.1, 0.15) is 0 Å². The third-order valence-corrected chi connectivity index (χ3v) is 4.01. The van der Waals surface area contributed by atoms with Crippen LogP contribution in [0.4, 0.5) is 0 Å². The van der Waals surface area contributed by atoms with Crippen molar-refractivity contribution in [2.75, 3.05) is 33.4 Å². The molecule has 0 aliphatic carbocycles. The first-order chi connectivity index (χ1) is 12.0. The Balaban J connectivity index is 2.69. The van der Waals surface area contributed by atoms with Gasteiger partial charge >= 0.3 is 5.97 Å². The maximum Gasteiger partial charge on any atom is 0.310 e. The molecular weight excluding hydrogens is 318 g/mol. The van der Waals surface area contributed by atoms with Crippen molar-refractivity contribution in [3.8, 4) is 0 Å². The van der Waals surface area contributed by atoms with E-state index in [1.807, 2.05) is 31.2 Å². The molecule has 0 fully saturated rings. The van der Waals surface area contributed by atoms with Crippen LogP contribution in [0.15, 0.2) is 24.3 Å². The zero-order valence-corrected chi connectivity index (χ0v) is 15.9. The molecule has 140 valence electrons. The van der Waals surface area contributed by atoms with Gasteiger partial charge in [-0.25, -0.2) is 0 Å². The third kappa shape index (κ3) is 7.69.